The molecule has 0 aromatic carbocycles. The molecule has 1 amide bonds. The maximum Gasteiger partial charge on any atom is 0.234 e. The third kappa shape index (κ3) is 2.21. The SMILES string of the molecule is CCC(C(N)=O)N1CC(C)C(C)C1. The van der Waals surface area contributed by atoms with Crippen LogP contribution in [0.25, 0.3) is 0 Å². The average Bonchev–Trinajstić information content (AvgIpc) is 2.32. The summed E-state index contributed by atoms with van der Waals surface area (Å²) in [7, 11) is 0. The minimum absolute atomic E-state index is 0.0487. The molecule has 3 heteroatoms. The molecule has 3 unspecified atom stereocenters. The number of nitrogens with zero attached hydrogens (tertiary/aromatic N) is 1. The van der Waals surface area contributed by atoms with Crippen LogP contribution >= 0.6 is 0 Å². The Kier molecular flexibility index (Phi) is 3.31. The highest BCUT2D eigenvalue weighted by Crippen LogP contribution is 2.24. The van der Waals surface area contributed by atoms with Gasteiger partial charge in [0.15, 0.2) is 0 Å². The molecule has 0 aliphatic carbocycles. The summed E-state index contributed by atoms with van der Waals surface area (Å²) in [6.45, 7) is 8.52. The highest BCUT2D eigenvalue weighted by Gasteiger charge is 2.32. The number of amides is 1. The predicted molar refractivity (Wildman–Crippen MR) is 53.2 cm³/mol. The van der Waals surface area contributed by atoms with Gasteiger partial charge in [-0.25, -0.2) is 0 Å². The van der Waals surface area contributed by atoms with Crippen LogP contribution in [-0.2, 0) is 4.79 Å². The van der Waals surface area contributed by atoms with E-state index in [1.54, 1.807) is 0 Å². The van der Waals surface area contributed by atoms with Crippen molar-refractivity contribution in [3.63, 3.8) is 0 Å². The van der Waals surface area contributed by atoms with Crippen LogP contribution < -0.4 is 5.73 Å². The molecule has 13 heavy (non-hydrogen) atoms. The van der Waals surface area contributed by atoms with E-state index in [1.165, 1.54) is 0 Å². The summed E-state index contributed by atoms with van der Waals surface area (Å²) < 4.78 is 0. The highest BCUT2D eigenvalue weighted by molar-refractivity contribution is 5.79. The van der Waals surface area contributed by atoms with Gasteiger partial charge in [-0.1, -0.05) is 20.8 Å². The molecule has 1 saturated heterocycles. The molecule has 1 aliphatic rings. The lowest BCUT2D eigenvalue weighted by atomic mass is 10.0. The Bertz CT molecular complexity index is 183. The van der Waals surface area contributed by atoms with Crippen molar-refractivity contribution in [2.75, 3.05) is 13.1 Å². The third-order valence-corrected chi connectivity index (χ3v) is 3.17. The van der Waals surface area contributed by atoms with Crippen LogP contribution in [0.4, 0.5) is 0 Å². The minimum atomic E-state index is -0.177. The van der Waals surface area contributed by atoms with Crippen molar-refractivity contribution in [2.45, 2.75) is 33.2 Å². The fourth-order valence-electron chi connectivity index (χ4n) is 2.07. The van der Waals surface area contributed by atoms with Gasteiger partial charge >= 0.3 is 0 Å². The first kappa shape index (κ1) is 10.5. The van der Waals surface area contributed by atoms with Crippen LogP contribution in [0.5, 0.6) is 0 Å². The summed E-state index contributed by atoms with van der Waals surface area (Å²) in [5.41, 5.74) is 5.34. The number of primary amides is 1. The zero-order chi connectivity index (χ0) is 10.0. The van der Waals surface area contributed by atoms with Gasteiger partial charge in [0.05, 0.1) is 6.04 Å². The number of likely N-dealkylation sites (tertiary alicyclic amines) is 1. The zero-order valence-corrected chi connectivity index (χ0v) is 8.79. The van der Waals surface area contributed by atoms with Gasteiger partial charge in [0.25, 0.3) is 0 Å². The topological polar surface area (TPSA) is 46.3 Å². The first-order valence-electron chi connectivity index (χ1n) is 5.09. The van der Waals surface area contributed by atoms with Gasteiger partial charge in [0.1, 0.15) is 0 Å². The van der Waals surface area contributed by atoms with E-state index >= 15 is 0 Å². The second-order valence-corrected chi connectivity index (χ2v) is 4.23. The first-order valence-corrected chi connectivity index (χ1v) is 5.09. The molecular weight excluding hydrogens is 164 g/mol. The second kappa shape index (κ2) is 4.09. The fourth-order valence-corrected chi connectivity index (χ4v) is 2.07. The molecule has 2 N–H and O–H groups in total. The Morgan fingerprint density at radius 1 is 1.46 bits per heavy atom. The monoisotopic (exact) mass is 184 g/mol. The second-order valence-electron chi connectivity index (χ2n) is 4.23. The maximum atomic E-state index is 11.1. The fraction of sp³-hybridized carbons (Fsp3) is 0.900. The smallest absolute Gasteiger partial charge is 0.234 e. The lowest BCUT2D eigenvalue weighted by molar-refractivity contribution is -0.123. The van der Waals surface area contributed by atoms with E-state index in [-0.39, 0.29) is 11.9 Å². The number of nitrogens with two attached hydrogens (primary N) is 1. The van der Waals surface area contributed by atoms with Crippen LogP contribution in [0.15, 0.2) is 0 Å². The van der Waals surface area contributed by atoms with Gasteiger partial charge in [0.2, 0.25) is 5.91 Å². The van der Waals surface area contributed by atoms with E-state index in [4.69, 9.17) is 5.73 Å². The van der Waals surface area contributed by atoms with Crippen LogP contribution in [0.2, 0.25) is 0 Å². The Hall–Kier alpha value is -0.570. The molecule has 3 atom stereocenters. The third-order valence-electron chi connectivity index (χ3n) is 3.17. The molecule has 0 bridgehead atoms. The number of hydrogen-bond donors (Lipinski definition) is 1. The molecule has 1 heterocycles. The van der Waals surface area contributed by atoms with Crippen LogP contribution in [0.3, 0.4) is 0 Å². The van der Waals surface area contributed by atoms with E-state index in [9.17, 15) is 4.79 Å². The zero-order valence-electron chi connectivity index (χ0n) is 8.79. The molecule has 0 aromatic heterocycles. The summed E-state index contributed by atoms with van der Waals surface area (Å²) >= 11 is 0. The summed E-state index contributed by atoms with van der Waals surface area (Å²) in [6.07, 6.45) is 0.828. The van der Waals surface area contributed by atoms with Crippen molar-refractivity contribution < 1.29 is 4.79 Å². The van der Waals surface area contributed by atoms with E-state index in [0.29, 0.717) is 11.8 Å². The van der Waals surface area contributed by atoms with Gasteiger partial charge in [-0.2, -0.15) is 0 Å². The molecule has 0 saturated carbocycles. The van der Waals surface area contributed by atoms with Gasteiger partial charge < -0.3 is 5.73 Å². The lowest BCUT2D eigenvalue weighted by Gasteiger charge is -2.23. The predicted octanol–water partition coefficient (Wildman–Crippen LogP) is 0.838. The molecule has 0 radical (unpaired) electrons. The highest BCUT2D eigenvalue weighted by atomic mass is 16.1. The van der Waals surface area contributed by atoms with Gasteiger partial charge in [-0.3, -0.25) is 9.69 Å². The van der Waals surface area contributed by atoms with E-state index < -0.39 is 0 Å². The van der Waals surface area contributed by atoms with E-state index in [0.717, 1.165) is 19.5 Å². The summed E-state index contributed by atoms with van der Waals surface area (Å²) in [6, 6.07) is -0.0487. The standard InChI is InChI=1S/C10H20N2O/c1-4-9(10(11)13)12-5-7(2)8(3)6-12/h7-9H,4-6H2,1-3H3,(H2,11,13). The summed E-state index contributed by atoms with van der Waals surface area (Å²) in [5, 5.41) is 0. The van der Waals surface area contributed by atoms with Crippen molar-refractivity contribution in [1.82, 2.24) is 4.90 Å². The summed E-state index contributed by atoms with van der Waals surface area (Å²) in [4.78, 5) is 13.3. The number of carbonyl (C=O) groups excluding carboxylic acids is 1. The van der Waals surface area contributed by atoms with E-state index in [2.05, 4.69) is 18.7 Å². The van der Waals surface area contributed by atoms with Gasteiger partial charge in [-0.15, -0.1) is 0 Å². The Balaban J connectivity index is 2.57. The molecule has 76 valence electrons. The molecule has 0 spiro atoms. The van der Waals surface area contributed by atoms with Gasteiger partial charge in [0, 0.05) is 13.1 Å². The molecular formula is C10H20N2O. The minimum Gasteiger partial charge on any atom is -0.368 e. The van der Waals surface area contributed by atoms with E-state index in [1.807, 2.05) is 6.92 Å². The Morgan fingerprint density at radius 3 is 2.23 bits per heavy atom. The van der Waals surface area contributed by atoms with Crippen LogP contribution in [0, 0.1) is 11.8 Å². The van der Waals surface area contributed by atoms with Crippen molar-refractivity contribution in [3.8, 4) is 0 Å². The van der Waals surface area contributed by atoms with Crippen molar-refractivity contribution in [1.29, 1.82) is 0 Å². The van der Waals surface area contributed by atoms with Crippen LogP contribution in [0.1, 0.15) is 27.2 Å². The Morgan fingerprint density at radius 2 is 1.92 bits per heavy atom. The van der Waals surface area contributed by atoms with Gasteiger partial charge in [-0.05, 0) is 18.3 Å². The molecule has 1 rings (SSSR count). The molecule has 0 aromatic rings. The lowest BCUT2D eigenvalue weighted by Crippen LogP contribution is -2.43. The Labute approximate surface area is 80.3 Å². The molecule has 3 nitrogen and oxygen atoms in total. The van der Waals surface area contributed by atoms with Crippen molar-refractivity contribution >= 4 is 5.91 Å². The number of rotatable bonds is 3. The largest absolute Gasteiger partial charge is 0.368 e. The summed E-state index contributed by atoms with van der Waals surface area (Å²) in [5.74, 6) is 1.20. The molecule has 1 aliphatic heterocycles. The van der Waals surface area contributed by atoms with Crippen molar-refractivity contribution in [3.05, 3.63) is 0 Å². The van der Waals surface area contributed by atoms with Crippen LogP contribution in [-0.4, -0.2) is 29.9 Å². The number of hydrogen-bond acceptors (Lipinski definition) is 2. The quantitative estimate of drug-likeness (QED) is 0.706. The average molecular weight is 184 g/mol. The van der Waals surface area contributed by atoms with Crippen molar-refractivity contribution in [2.24, 2.45) is 17.6 Å². The number of carbonyl (C=O) groups is 1. The molecule has 1 fully saturated rings. The first-order chi connectivity index (χ1) is 6.06. The maximum absolute atomic E-state index is 11.1. The normalized spacial score (nSPS) is 31.9.